The van der Waals surface area contributed by atoms with Crippen LogP contribution >= 0.6 is 0 Å². The van der Waals surface area contributed by atoms with Gasteiger partial charge in [0.05, 0.1) is 11.0 Å². The number of carbonyl (C=O) groups is 2. The Kier molecular flexibility index (Phi) is 4.21. The van der Waals surface area contributed by atoms with Gasteiger partial charge in [0.25, 0.3) is 5.91 Å². The zero-order valence-electron chi connectivity index (χ0n) is 15.7. The molecule has 1 saturated heterocycles. The maximum absolute atomic E-state index is 12.9. The molecule has 0 unspecified atom stereocenters. The van der Waals surface area contributed by atoms with Gasteiger partial charge in [-0.3, -0.25) is 9.59 Å². The maximum Gasteiger partial charge on any atom is 0.254 e. The first kappa shape index (κ1) is 17.1. The van der Waals surface area contributed by atoms with Gasteiger partial charge >= 0.3 is 0 Å². The highest BCUT2D eigenvalue weighted by atomic mass is 16.2. The maximum atomic E-state index is 12.9. The Morgan fingerprint density at radius 1 is 1.08 bits per heavy atom. The Labute approximate surface area is 153 Å². The number of fused-ring (bicyclic) bond motifs is 1. The summed E-state index contributed by atoms with van der Waals surface area (Å²) in [6.45, 7) is 6.23. The monoisotopic (exact) mass is 354 g/mol. The van der Waals surface area contributed by atoms with Crippen molar-refractivity contribution in [2.75, 3.05) is 26.2 Å². The number of imidazole rings is 1. The zero-order chi connectivity index (χ0) is 18.4. The summed E-state index contributed by atoms with van der Waals surface area (Å²) >= 11 is 0. The van der Waals surface area contributed by atoms with Crippen LogP contribution in [0, 0.1) is 5.92 Å². The molecular weight excluding hydrogens is 328 g/mol. The highest BCUT2D eigenvalue weighted by molar-refractivity contribution is 5.97. The molecule has 138 valence electrons. The van der Waals surface area contributed by atoms with Crippen molar-refractivity contribution < 1.29 is 9.59 Å². The first-order valence-electron chi connectivity index (χ1n) is 9.50. The summed E-state index contributed by atoms with van der Waals surface area (Å²) in [5, 5.41) is 0. The Balaban J connectivity index is 1.49. The molecule has 1 aromatic carbocycles. The molecule has 6 heteroatoms. The van der Waals surface area contributed by atoms with Crippen molar-refractivity contribution in [2.45, 2.75) is 32.6 Å². The molecule has 0 atom stereocenters. The standard InChI is InChI=1S/C20H26N4O2/c1-13(2)19(25)23-8-10-24(11-9-23)20(26)15-6-7-17-16(12-15)21-18(22(17)3)14-4-5-14/h6-7,12-14H,4-5,8-11H2,1-3H3. The van der Waals surface area contributed by atoms with E-state index in [1.807, 2.05) is 41.8 Å². The number of carbonyl (C=O) groups excluding carboxylic acids is 2. The number of aryl methyl sites for hydroxylation is 1. The van der Waals surface area contributed by atoms with Gasteiger partial charge in [-0.05, 0) is 31.0 Å². The highest BCUT2D eigenvalue weighted by Gasteiger charge is 2.29. The molecule has 4 rings (SSSR count). The lowest BCUT2D eigenvalue weighted by Gasteiger charge is -2.35. The molecule has 1 aliphatic heterocycles. The van der Waals surface area contributed by atoms with Gasteiger partial charge in [0.1, 0.15) is 5.82 Å². The first-order chi connectivity index (χ1) is 12.5. The molecule has 1 saturated carbocycles. The van der Waals surface area contributed by atoms with Gasteiger partial charge in [0, 0.05) is 50.6 Å². The summed E-state index contributed by atoms with van der Waals surface area (Å²) in [7, 11) is 2.05. The van der Waals surface area contributed by atoms with Gasteiger partial charge in [-0.15, -0.1) is 0 Å². The van der Waals surface area contributed by atoms with Crippen LogP contribution in [0.3, 0.4) is 0 Å². The van der Waals surface area contributed by atoms with Crippen LogP contribution in [-0.2, 0) is 11.8 Å². The van der Waals surface area contributed by atoms with Crippen molar-refractivity contribution in [3.63, 3.8) is 0 Å². The van der Waals surface area contributed by atoms with Crippen molar-refractivity contribution in [1.29, 1.82) is 0 Å². The Hall–Kier alpha value is -2.37. The van der Waals surface area contributed by atoms with Crippen molar-refractivity contribution in [1.82, 2.24) is 19.4 Å². The average molecular weight is 354 g/mol. The van der Waals surface area contributed by atoms with Crippen LogP contribution in [0.2, 0.25) is 0 Å². The third kappa shape index (κ3) is 2.97. The van der Waals surface area contributed by atoms with E-state index < -0.39 is 0 Å². The van der Waals surface area contributed by atoms with Crippen molar-refractivity contribution in [3.8, 4) is 0 Å². The predicted molar refractivity (Wildman–Crippen MR) is 100 cm³/mol. The fourth-order valence-corrected chi connectivity index (χ4v) is 3.74. The number of amides is 2. The quantitative estimate of drug-likeness (QED) is 0.850. The largest absolute Gasteiger partial charge is 0.339 e. The van der Waals surface area contributed by atoms with Gasteiger partial charge in [0.15, 0.2) is 0 Å². The van der Waals surface area contributed by atoms with Crippen LogP contribution in [0.5, 0.6) is 0 Å². The second-order valence-electron chi connectivity index (χ2n) is 7.78. The van der Waals surface area contributed by atoms with Crippen LogP contribution in [0.15, 0.2) is 18.2 Å². The van der Waals surface area contributed by atoms with Crippen LogP contribution in [0.25, 0.3) is 11.0 Å². The first-order valence-corrected chi connectivity index (χ1v) is 9.50. The van der Waals surface area contributed by atoms with E-state index in [-0.39, 0.29) is 17.7 Å². The Morgan fingerprint density at radius 2 is 1.73 bits per heavy atom. The molecular formula is C20H26N4O2. The third-order valence-electron chi connectivity index (χ3n) is 5.48. The van der Waals surface area contributed by atoms with E-state index in [1.54, 1.807) is 0 Å². The second-order valence-corrected chi connectivity index (χ2v) is 7.78. The van der Waals surface area contributed by atoms with Gasteiger partial charge < -0.3 is 14.4 Å². The molecule has 6 nitrogen and oxygen atoms in total. The molecule has 0 bridgehead atoms. The van der Waals surface area contributed by atoms with E-state index in [0.717, 1.165) is 16.9 Å². The lowest BCUT2D eigenvalue weighted by atomic mass is 10.1. The van der Waals surface area contributed by atoms with E-state index in [0.29, 0.717) is 37.7 Å². The molecule has 2 fully saturated rings. The molecule has 2 amide bonds. The van der Waals surface area contributed by atoms with Gasteiger partial charge in [-0.25, -0.2) is 4.98 Å². The predicted octanol–water partition coefficient (Wildman–Crippen LogP) is 2.39. The zero-order valence-corrected chi connectivity index (χ0v) is 15.7. The molecule has 26 heavy (non-hydrogen) atoms. The molecule has 0 spiro atoms. The summed E-state index contributed by atoms with van der Waals surface area (Å²) in [6.07, 6.45) is 2.42. The molecule has 0 radical (unpaired) electrons. The highest BCUT2D eigenvalue weighted by Crippen LogP contribution is 2.40. The number of hydrogen-bond acceptors (Lipinski definition) is 3. The van der Waals surface area contributed by atoms with E-state index >= 15 is 0 Å². The Bertz CT molecular complexity index is 858. The molecule has 2 heterocycles. The minimum Gasteiger partial charge on any atom is -0.339 e. The fourth-order valence-electron chi connectivity index (χ4n) is 3.74. The van der Waals surface area contributed by atoms with Crippen molar-refractivity contribution in [2.24, 2.45) is 13.0 Å². The van der Waals surface area contributed by atoms with Crippen LogP contribution in [0.1, 0.15) is 48.8 Å². The van der Waals surface area contributed by atoms with Gasteiger partial charge in [0.2, 0.25) is 5.91 Å². The number of aromatic nitrogens is 2. The fraction of sp³-hybridized carbons (Fsp3) is 0.550. The van der Waals surface area contributed by atoms with Gasteiger partial charge in [-0.1, -0.05) is 13.8 Å². The molecule has 2 aromatic rings. The number of rotatable bonds is 3. The number of hydrogen-bond donors (Lipinski definition) is 0. The lowest BCUT2D eigenvalue weighted by molar-refractivity contribution is -0.135. The topological polar surface area (TPSA) is 58.4 Å². The van der Waals surface area contributed by atoms with Gasteiger partial charge in [-0.2, -0.15) is 0 Å². The number of nitrogens with zero attached hydrogens (tertiary/aromatic N) is 4. The molecule has 2 aliphatic rings. The van der Waals surface area contributed by atoms with E-state index in [1.165, 1.54) is 12.8 Å². The summed E-state index contributed by atoms with van der Waals surface area (Å²) < 4.78 is 2.15. The van der Waals surface area contributed by atoms with E-state index in [9.17, 15) is 9.59 Å². The summed E-state index contributed by atoms with van der Waals surface area (Å²) in [5.74, 6) is 1.91. The average Bonchev–Trinajstić information content (AvgIpc) is 3.44. The Morgan fingerprint density at radius 3 is 2.35 bits per heavy atom. The summed E-state index contributed by atoms with van der Waals surface area (Å²) in [6, 6.07) is 5.81. The van der Waals surface area contributed by atoms with Crippen LogP contribution in [0.4, 0.5) is 0 Å². The van der Waals surface area contributed by atoms with Crippen LogP contribution < -0.4 is 0 Å². The molecule has 1 aromatic heterocycles. The van der Waals surface area contributed by atoms with Crippen molar-refractivity contribution >= 4 is 22.8 Å². The second kappa shape index (κ2) is 6.41. The smallest absolute Gasteiger partial charge is 0.254 e. The molecule has 1 aliphatic carbocycles. The summed E-state index contributed by atoms with van der Waals surface area (Å²) in [5.41, 5.74) is 2.66. The summed E-state index contributed by atoms with van der Waals surface area (Å²) in [4.78, 5) is 33.4. The molecule has 0 N–H and O–H groups in total. The third-order valence-corrected chi connectivity index (χ3v) is 5.48. The minimum atomic E-state index is 0.00415. The lowest BCUT2D eigenvalue weighted by Crippen LogP contribution is -2.51. The number of benzene rings is 1. The van der Waals surface area contributed by atoms with Crippen molar-refractivity contribution in [3.05, 3.63) is 29.6 Å². The van der Waals surface area contributed by atoms with E-state index in [4.69, 9.17) is 4.98 Å². The van der Waals surface area contributed by atoms with Crippen LogP contribution in [-0.4, -0.2) is 57.3 Å². The minimum absolute atomic E-state index is 0.00415. The number of piperazine rings is 1. The SMILES string of the molecule is CC(C)C(=O)N1CCN(C(=O)c2ccc3c(c2)nc(C2CC2)n3C)CC1. The van der Waals surface area contributed by atoms with E-state index in [2.05, 4.69) is 11.6 Å². The normalized spacial score (nSPS) is 18.0.